The molecule has 0 aliphatic rings. The van der Waals surface area contributed by atoms with Crippen LogP contribution < -0.4 is 0 Å². The first-order valence-electron chi connectivity index (χ1n) is 6.21. The number of carbonyl (C=O) groups is 1. The van der Waals surface area contributed by atoms with Crippen LogP contribution in [0.5, 0.6) is 0 Å². The van der Waals surface area contributed by atoms with E-state index in [0.29, 0.717) is 18.5 Å². The number of aromatic nitrogens is 1. The molecule has 1 rings (SSSR count). The van der Waals surface area contributed by atoms with Gasteiger partial charge in [-0.1, -0.05) is 0 Å². The van der Waals surface area contributed by atoms with Gasteiger partial charge in [0, 0.05) is 12.6 Å². The van der Waals surface area contributed by atoms with Gasteiger partial charge < -0.3 is 9.84 Å². The molecule has 19 heavy (non-hydrogen) atoms. The van der Waals surface area contributed by atoms with Crippen LogP contribution in [0.3, 0.4) is 0 Å². The first kappa shape index (κ1) is 15.3. The molecule has 0 aliphatic carbocycles. The minimum Gasteiger partial charge on any atom is -0.443 e. The van der Waals surface area contributed by atoms with Crippen LogP contribution in [0, 0.1) is 18.3 Å². The molecule has 0 bridgehead atoms. The van der Waals surface area contributed by atoms with E-state index >= 15 is 0 Å². The predicted octanol–water partition coefficient (Wildman–Crippen LogP) is 2.53. The van der Waals surface area contributed by atoms with Crippen LogP contribution in [0.2, 0.25) is 0 Å². The molecular weight excluding hydrogens is 244 g/mol. The number of aryl methyl sites for hydroxylation is 1. The quantitative estimate of drug-likeness (QED) is 0.910. The monoisotopic (exact) mass is 264 g/mol. The fourth-order valence-electron chi connectivity index (χ4n) is 1.81. The highest BCUT2D eigenvalue weighted by Crippen LogP contribution is 2.20. The molecule has 0 amide bonds. The van der Waals surface area contributed by atoms with Crippen LogP contribution in [0.15, 0.2) is 6.20 Å². The molecule has 5 heteroatoms. The van der Waals surface area contributed by atoms with Crippen molar-refractivity contribution in [1.82, 2.24) is 4.57 Å². The van der Waals surface area contributed by atoms with Crippen molar-refractivity contribution in [3.05, 3.63) is 23.0 Å². The lowest BCUT2D eigenvalue weighted by molar-refractivity contribution is 0.0525. The summed E-state index contributed by atoms with van der Waals surface area (Å²) in [6.07, 6.45) is 2.07. The smallest absolute Gasteiger partial charge is 0.418 e. The third-order valence-corrected chi connectivity index (χ3v) is 2.74. The zero-order chi connectivity index (χ0) is 14.6. The average Bonchev–Trinajstić information content (AvgIpc) is 2.61. The number of aliphatic hydroxyl groups excluding tert-OH is 1. The van der Waals surface area contributed by atoms with Crippen molar-refractivity contribution < 1.29 is 14.6 Å². The number of nitrogens with zero attached hydrogens (tertiary/aromatic N) is 2. The third kappa shape index (κ3) is 3.83. The van der Waals surface area contributed by atoms with Crippen LogP contribution >= 0.6 is 0 Å². The summed E-state index contributed by atoms with van der Waals surface area (Å²) in [4.78, 5) is 12.0. The van der Waals surface area contributed by atoms with Gasteiger partial charge in [0.15, 0.2) is 0 Å². The number of hydrogen-bond donors (Lipinski definition) is 1. The highest BCUT2D eigenvalue weighted by molar-refractivity contribution is 5.73. The van der Waals surface area contributed by atoms with Gasteiger partial charge >= 0.3 is 6.09 Å². The molecule has 1 aromatic rings. The molecule has 1 heterocycles. The molecule has 0 unspecified atom stereocenters. The summed E-state index contributed by atoms with van der Waals surface area (Å²) in [5, 5.41) is 18.0. The summed E-state index contributed by atoms with van der Waals surface area (Å²) >= 11 is 0. The Hall–Kier alpha value is -1.80. The van der Waals surface area contributed by atoms with E-state index in [4.69, 9.17) is 10.00 Å². The van der Waals surface area contributed by atoms with Crippen LogP contribution in [-0.4, -0.2) is 21.4 Å². The summed E-state index contributed by atoms with van der Waals surface area (Å²) in [6.45, 7) is 6.96. The lowest BCUT2D eigenvalue weighted by atomic mass is 10.1. The van der Waals surface area contributed by atoms with Crippen molar-refractivity contribution >= 4 is 6.09 Å². The van der Waals surface area contributed by atoms with Gasteiger partial charge in [-0.15, -0.1) is 0 Å². The molecule has 0 fully saturated rings. The molecule has 0 saturated carbocycles. The van der Waals surface area contributed by atoms with E-state index in [0.717, 1.165) is 11.1 Å². The first-order valence-corrected chi connectivity index (χ1v) is 6.21. The van der Waals surface area contributed by atoms with Crippen molar-refractivity contribution in [1.29, 1.82) is 5.26 Å². The van der Waals surface area contributed by atoms with Gasteiger partial charge in [-0.25, -0.2) is 4.79 Å². The lowest BCUT2D eigenvalue weighted by Gasteiger charge is -2.20. The minimum atomic E-state index is -0.588. The van der Waals surface area contributed by atoms with E-state index < -0.39 is 11.7 Å². The maximum Gasteiger partial charge on any atom is 0.418 e. The number of carbonyl (C=O) groups excluding carboxylic acids is 1. The van der Waals surface area contributed by atoms with Crippen molar-refractivity contribution in [3.63, 3.8) is 0 Å². The highest BCUT2D eigenvalue weighted by Gasteiger charge is 2.22. The fourth-order valence-corrected chi connectivity index (χ4v) is 1.81. The SMILES string of the molecule is Cc1c(CCC#N)cn(C(=O)OC(C)(C)C)c1CO. The molecule has 0 saturated heterocycles. The Balaban J connectivity index is 3.07. The molecule has 0 aromatic carbocycles. The maximum atomic E-state index is 12.0. The van der Waals surface area contributed by atoms with Crippen molar-refractivity contribution in [2.75, 3.05) is 0 Å². The molecule has 104 valence electrons. The van der Waals surface area contributed by atoms with Gasteiger partial charge in [0.1, 0.15) is 5.60 Å². The molecular formula is C14H20N2O3. The Morgan fingerprint density at radius 3 is 2.63 bits per heavy atom. The van der Waals surface area contributed by atoms with Gasteiger partial charge in [-0.2, -0.15) is 5.26 Å². The van der Waals surface area contributed by atoms with Crippen molar-refractivity contribution in [2.45, 2.75) is 52.7 Å². The van der Waals surface area contributed by atoms with Crippen LogP contribution in [0.1, 0.15) is 44.0 Å². The summed E-state index contributed by atoms with van der Waals surface area (Å²) in [5.74, 6) is 0. The first-order chi connectivity index (χ1) is 8.80. The van der Waals surface area contributed by atoms with Gasteiger partial charge in [-0.3, -0.25) is 4.57 Å². The summed E-state index contributed by atoms with van der Waals surface area (Å²) in [7, 11) is 0. The molecule has 0 atom stereocenters. The standard InChI is InChI=1S/C14H20N2O3/c1-10-11(6-5-7-15)8-16(12(10)9-17)13(18)19-14(2,3)4/h8,17H,5-6,9H2,1-4H3. The molecule has 0 spiro atoms. The summed E-state index contributed by atoms with van der Waals surface area (Å²) in [5.41, 5.74) is 1.65. The van der Waals surface area contributed by atoms with Gasteiger partial charge in [0.05, 0.1) is 18.4 Å². The Bertz CT molecular complexity index is 504. The Morgan fingerprint density at radius 2 is 2.16 bits per heavy atom. The topological polar surface area (TPSA) is 75.2 Å². The molecule has 5 nitrogen and oxygen atoms in total. The second-order valence-corrected chi connectivity index (χ2v) is 5.39. The van der Waals surface area contributed by atoms with Crippen LogP contribution in [-0.2, 0) is 17.8 Å². The number of hydrogen-bond acceptors (Lipinski definition) is 4. The molecule has 1 aromatic heterocycles. The predicted molar refractivity (Wildman–Crippen MR) is 70.7 cm³/mol. The molecule has 0 aliphatic heterocycles. The molecule has 0 radical (unpaired) electrons. The van der Waals surface area contributed by atoms with E-state index in [2.05, 4.69) is 6.07 Å². The normalized spacial score (nSPS) is 11.2. The van der Waals surface area contributed by atoms with E-state index in [9.17, 15) is 9.90 Å². The zero-order valence-electron chi connectivity index (χ0n) is 11.9. The number of rotatable bonds is 3. The maximum absolute atomic E-state index is 12.0. The van der Waals surface area contributed by atoms with Crippen LogP contribution in [0.25, 0.3) is 0 Å². The summed E-state index contributed by atoms with van der Waals surface area (Å²) in [6, 6.07) is 2.07. The third-order valence-electron chi connectivity index (χ3n) is 2.74. The van der Waals surface area contributed by atoms with Gasteiger partial charge in [0.2, 0.25) is 0 Å². The Labute approximate surface area is 113 Å². The second-order valence-electron chi connectivity index (χ2n) is 5.39. The minimum absolute atomic E-state index is 0.238. The van der Waals surface area contributed by atoms with Gasteiger partial charge in [-0.05, 0) is 45.2 Å². The Morgan fingerprint density at radius 1 is 1.53 bits per heavy atom. The summed E-state index contributed by atoms with van der Waals surface area (Å²) < 4.78 is 6.61. The van der Waals surface area contributed by atoms with Crippen molar-refractivity contribution in [3.8, 4) is 6.07 Å². The van der Waals surface area contributed by atoms with Gasteiger partial charge in [0.25, 0.3) is 0 Å². The second kappa shape index (κ2) is 5.89. The number of aliphatic hydroxyl groups is 1. The van der Waals surface area contributed by atoms with Crippen LogP contribution in [0.4, 0.5) is 4.79 Å². The highest BCUT2D eigenvalue weighted by atomic mass is 16.6. The average molecular weight is 264 g/mol. The van der Waals surface area contributed by atoms with E-state index in [-0.39, 0.29) is 6.61 Å². The fraction of sp³-hybridized carbons (Fsp3) is 0.571. The number of ether oxygens (including phenoxy) is 1. The zero-order valence-corrected chi connectivity index (χ0v) is 11.9. The lowest BCUT2D eigenvalue weighted by Crippen LogP contribution is -2.27. The van der Waals surface area contributed by atoms with Crippen molar-refractivity contribution in [2.24, 2.45) is 0 Å². The van der Waals surface area contributed by atoms with E-state index in [1.54, 1.807) is 27.0 Å². The largest absolute Gasteiger partial charge is 0.443 e. The molecule has 1 N–H and O–H groups in total. The number of nitriles is 1. The van der Waals surface area contributed by atoms with E-state index in [1.165, 1.54) is 4.57 Å². The Kier molecular flexibility index (Phi) is 4.73. The van der Waals surface area contributed by atoms with E-state index in [1.807, 2.05) is 6.92 Å².